The number of halogens is 1. The number of thiophene rings is 1. The molecule has 0 aliphatic heterocycles. The van der Waals surface area contributed by atoms with E-state index in [0.29, 0.717) is 0 Å². The number of hydrogen-bond acceptors (Lipinski definition) is 4. The summed E-state index contributed by atoms with van der Waals surface area (Å²) >= 11 is 5.12. The molecule has 0 aliphatic carbocycles. The minimum atomic E-state index is 0.0133. The normalized spacial score (nSPS) is 12.7. The summed E-state index contributed by atoms with van der Waals surface area (Å²) in [4.78, 5) is 1.11. The van der Waals surface area contributed by atoms with Gasteiger partial charge in [-0.15, -0.1) is 11.3 Å². The highest BCUT2D eigenvalue weighted by atomic mass is 79.9. The van der Waals surface area contributed by atoms with Crippen LogP contribution in [-0.4, -0.2) is 14.2 Å². The summed E-state index contributed by atoms with van der Waals surface area (Å²) in [6.45, 7) is 0. The van der Waals surface area contributed by atoms with Crippen LogP contribution in [-0.2, 0) is 0 Å². The Morgan fingerprint density at radius 1 is 1.50 bits per heavy atom. The Labute approximate surface area is 107 Å². The second kappa shape index (κ2) is 5.03. The first-order valence-electron chi connectivity index (χ1n) is 4.79. The monoisotopic (exact) mass is 301 g/mol. The number of hydrogen-bond donors (Lipinski definition) is 1. The van der Waals surface area contributed by atoms with Gasteiger partial charge in [0.25, 0.3) is 0 Å². The molecule has 0 radical (unpaired) electrons. The van der Waals surface area contributed by atoms with Crippen molar-refractivity contribution in [2.75, 3.05) is 14.2 Å². The molecule has 2 rings (SSSR count). The van der Waals surface area contributed by atoms with Crippen LogP contribution in [0.1, 0.15) is 16.7 Å². The molecule has 1 atom stereocenters. The second-order valence-electron chi connectivity index (χ2n) is 3.21. The SMILES string of the molecule is CNC(c1occc1Br)c1sccc1OC. The molecule has 3 nitrogen and oxygen atoms in total. The molecular weight excluding hydrogens is 290 g/mol. The molecule has 2 aromatic heterocycles. The van der Waals surface area contributed by atoms with Gasteiger partial charge >= 0.3 is 0 Å². The van der Waals surface area contributed by atoms with Crippen LogP contribution in [0.2, 0.25) is 0 Å². The lowest BCUT2D eigenvalue weighted by molar-refractivity contribution is 0.400. The van der Waals surface area contributed by atoms with Crippen LogP contribution in [0.25, 0.3) is 0 Å². The van der Waals surface area contributed by atoms with Gasteiger partial charge in [-0.1, -0.05) is 0 Å². The fourth-order valence-electron chi connectivity index (χ4n) is 1.58. The van der Waals surface area contributed by atoms with Crippen molar-refractivity contribution >= 4 is 27.3 Å². The minimum Gasteiger partial charge on any atom is -0.496 e. The van der Waals surface area contributed by atoms with E-state index in [1.54, 1.807) is 24.7 Å². The Kier molecular flexibility index (Phi) is 3.68. The summed E-state index contributed by atoms with van der Waals surface area (Å²) in [5.74, 6) is 1.75. The fourth-order valence-corrected chi connectivity index (χ4v) is 2.98. The fraction of sp³-hybridized carbons (Fsp3) is 0.273. The van der Waals surface area contributed by atoms with Gasteiger partial charge in [-0.2, -0.15) is 0 Å². The highest BCUT2D eigenvalue weighted by Crippen LogP contribution is 2.37. The molecule has 0 spiro atoms. The van der Waals surface area contributed by atoms with Gasteiger partial charge in [-0.25, -0.2) is 0 Å². The summed E-state index contributed by atoms with van der Waals surface area (Å²) in [7, 11) is 3.58. The average Bonchev–Trinajstić information content (AvgIpc) is 2.90. The van der Waals surface area contributed by atoms with Gasteiger partial charge in [-0.3, -0.25) is 0 Å². The molecule has 5 heteroatoms. The molecule has 1 unspecified atom stereocenters. The maximum atomic E-state index is 5.48. The van der Waals surface area contributed by atoms with E-state index in [-0.39, 0.29) is 6.04 Å². The Bertz CT molecular complexity index is 466. The molecule has 86 valence electrons. The van der Waals surface area contributed by atoms with E-state index in [4.69, 9.17) is 9.15 Å². The lowest BCUT2D eigenvalue weighted by Gasteiger charge is -2.14. The number of methoxy groups -OCH3 is 1. The molecule has 0 saturated heterocycles. The van der Waals surface area contributed by atoms with Gasteiger partial charge in [0.2, 0.25) is 0 Å². The van der Waals surface area contributed by atoms with E-state index in [9.17, 15) is 0 Å². The first-order chi connectivity index (χ1) is 7.77. The van der Waals surface area contributed by atoms with E-state index in [1.165, 1.54) is 0 Å². The number of furan rings is 1. The lowest BCUT2D eigenvalue weighted by Crippen LogP contribution is -2.16. The molecule has 1 N–H and O–H groups in total. The van der Waals surface area contributed by atoms with Gasteiger partial charge in [0.05, 0.1) is 22.7 Å². The summed E-state index contributed by atoms with van der Waals surface area (Å²) in [5.41, 5.74) is 0. The van der Waals surface area contributed by atoms with Crippen LogP contribution in [0.3, 0.4) is 0 Å². The van der Waals surface area contributed by atoms with E-state index in [0.717, 1.165) is 20.9 Å². The zero-order chi connectivity index (χ0) is 11.5. The predicted octanol–water partition coefficient (Wildman–Crippen LogP) is 3.42. The molecule has 0 saturated carbocycles. The molecule has 2 heterocycles. The third-order valence-corrected chi connectivity index (χ3v) is 3.95. The van der Waals surface area contributed by atoms with Gasteiger partial charge in [-0.05, 0) is 40.5 Å². The van der Waals surface area contributed by atoms with Gasteiger partial charge in [0.1, 0.15) is 17.6 Å². The van der Waals surface area contributed by atoms with Crippen molar-refractivity contribution < 1.29 is 9.15 Å². The van der Waals surface area contributed by atoms with Crippen molar-refractivity contribution in [2.45, 2.75) is 6.04 Å². The van der Waals surface area contributed by atoms with Crippen LogP contribution in [0.15, 0.2) is 32.7 Å². The van der Waals surface area contributed by atoms with Crippen molar-refractivity contribution in [1.82, 2.24) is 5.32 Å². The highest BCUT2D eigenvalue weighted by Gasteiger charge is 2.22. The van der Waals surface area contributed by atoms with Gasteiger partial charge in [0.15, 0.2) is 0 Å². The zero-order valence-electron chi connectivity index (χ0n) is 8.99. The minimum absolute atomic E-state index is 0.0133. The van der Waals surface area contributed by atoms with Gasteiger partial charge in [0, 0.05) is 0 Å². The zero-order valence-corrected chi connectivity index (χ0v) is 11.4. The molecule has 0 aromatic carbocycles. The van der Waals surface area contributed by atoms with Crippen LogP contribution < -0.4 is 10.1 Å². The smallest absolute Gasteiger partial charge is 0.140 e. The lowest BCUT2D eigenvalue weighted by atomic mass is 10.2. The number of rotatable bonds is 4. The Balaban J connectivity index is 2.40. The summed E-state index contributed by atoms with van der Waals surface area (Å²) in [6.07, 6.45) is 1.67. The first kappa shape index (κ1) is 11.7. The molecule has 16 heavy (non-hydrogen) atoms. The van der Waals surface area contributed by atoms with Crippen molar-refractivity contribution in [3.05, 3.63) is 38.9 Å². The second-order valence-corrected chi connectivity index (χ2v) is 5.01. The van der Waals surface area contributed by atoms with E-state index in [2.05, 4.69) is 21.2 Å². The highest BCUT2D eigenvalue weighted by molar-refractivity contribution is 9.10. The molecule has 0 amide bonds. The summed E-state index contributed by atoms with van der Waals surface area (Å²) in [5, 5.41) is 5.24. The van der Waals surface area contributed by atoms with Crippen LogP contribution >= 0.6 is 27.3 Å². The van der Waals surface area contributed by atoms with E-state index < -0.39 is 0 Å². The molecule has 0 fully saturated rings. The van der Waals surface area contributed by atoms with Crippen LogP contribution in [0, 0.1) is 0 Å². The molecule has 2 aromatic rings. The molecular formula is C11H12BrNO2S. The molecule has 0 aliphatic rings. The maximum absolute atomic E-state index is 5.48. The first-order valence-corrected chi connectivity index (χ1v) is 6.46. The topological polar surface area (TPSA) is 34.4 Å². The quantitative estimate of drug-likeness (QED) is 0.939. The Hall–Kier alpha value is -0.780. The number of nitrogens with one attached hydrogen (secondary N) is 1. The Morgan fingerprint density at radius 3 is 2.88 bits per heavy atom. The third kappa shape index (κ3) is 2.03. The van der Waals surface area contributed by atoms with Crippen molar-refractivity contribution in [2.24, 2.45) is 0 Å². The van der Waals surface area contributed by atoms with E-state index in [1.807, 2.05) is 24.6 Å². The largest absolute Gasteiger partial charge is 0.496 e. The average molecular weight is 302 g/mol. The van der Waals surface area contributed by atoms with Gasteiger partial charge < -0.3 is 14.5 Å². The summed E-state index contributed by atoms with van der Waals surface area (Å²) < 4.78 is 11.8. The van der Waals surface area contributed by atoms with Crippen molar-refractivity contribution in [3.63, 3.8) is 0 Å². The predicted molar refractivity (Wildman–Crippen MR) is 68.2 cm³/mol. The van der Waals surface area contributed by atoms with Crippen LogP contribution in [0.4, 0.5) is 0 Å². The van der Waals surface area contributed by atoms with E-state index >= 15 is 0 Å². The van der Waals surface area contributed by atoms with Crippen molar-refractivity contribution in [3.8, 4) is 5.75 Å². The number of ether oxygens (including phenoxy) is 1. The van der Waals surface area contributed by atoms with Crippen LogP contribution in [0.5, 0.6) is 5.75 Å². The summed E-state index contributed by atoms with van der Waals surface area (Å²) in [6, 6.07) is 3.86. The third-order valence-electron chi connectivity index (χ3n) is 2.34. The molecule has 0 bridgehead atoms. The van der Waals surface area contributed by atoms with Crippen molar-refractivity contribution in [1.29, 1.82) is 0 Å². The standard InChI is InChI=1S/C11H12BrNO2S/c1-13-9(10-7(12)3-5-15-10)11-8(14-2)4-6-16-11/h3-6,9,13H,1-2H3. The Morgan fingerprint density at radius 2 is 2.31 bits per heavy atom. The maximum Gasteiger partial charge on any atom is 0.140 e.